The van der Waals surface area contributed by atoms with E-state index in [0.29, 0.717) is 11.3 Å². The molecule has 0 aliphatic heterocycles. The van der Waals surface area contributed by atoms with Crippen LogP contribution in [0.25, 0.3) is 11.1 Å². The zero-order valence-corrected chi connectivity index (χ0v) is 16.1. The third-order valence-electron chi connectivity index (χ3n) is 4.21. The van der Waals surface area contributed by atoms with Crippen LogP contribution < -0.4 is 0 Å². The molecule has 0 saturated heterocycles. The molecule has 1 aromatic heterocycles. The third kappa shape index (κ3) is 4.64. The largest absolute Gasteiger partial charge is 0.469 e. The number of aryl methyl sites for hydroxylation is 1. The predicted molar refractivity (Wildman–Crippen MR) is 101 cm³/mol. The van der Waals surface area contributed by atoms with E-state index in [0.717, 1.165) is 0 Å². The molecule has 2 atom stereocenters. The lowest BCUT2D eigenvalue weighted by Crippen LogP contribution is -2.29. The molecule has 140 valence electrons. The van der Waals surface area contributed by atoms with E-state index in [1.165, 1.54) is 30.4 Å². The van der Waals surface area contributed by atoms with E-state index in [2.05, 4.69) is 30.8 Å². The summed E-state index contributed by atoms with van der Waals surface area (Å²) in [6.07, 6.45) is 3.03. The molecule has 0 fully saturated rings. The van der Waals surface area contributed by atoms with Crippen molar-refractivity contribution >= 4 is 15.8 Å². The van der Waals surface area contributed by atoms with Gasteiger partial charge in [-0.25, -0.2) is 8.42 Å². The molecule has 1 aromatic rings. The highest BCUT2D eigenvalue weighted by molar-refractivity contribution is 7.92. The average Bonchev–Trinajstić information content (AvgIpc) is 3.00. The number of carbonyl (C=O) groups excluding carboxylic acids is 1. The number of esters is 1. The zero-order chi connectivity index (χ0) is 19.3. The summed E-state index contributed by atoms with van der Waals surface area (Å²) >= 11 is 0. The first kappa shape index (κ1) is 20.0. The molecule has 0 N–H and O–H groups in total. The Labute approximate surface area is 154 Å². The van der Waals surface area contributed by atoms with E-state index in [-0.39, 0.29) is 13.0 Å². The number of hydrogen-bond acceptors (Lipinski definition) is 5. The molecular formula is C20H24O5S. The summed E-state index contributed by atoms with van der Waals surface area (Å²) in [4.78, 5) is 11.1. The maximum absolute atomic E-state index is 12.5. The van der Waals surface area contributed by atoms with Crippen molar-refractivity contribution in [2.24, 2.45) is 0 Å². The summed E-state index contributed by atoms with van der Waals surface area (Å²) in [6, 6.07) is 10.1. The van der Waals surface area contributed by atoms with Crippen LogP contribution in [0, 0.1) is 6.92 Å². The van der Waals surface area contributed by atoms with Crippen LogP contribution in [0.5, 0.6) is 0 Å². The number of sulfone groups is 1. The Balaban J connectivity index is 0.000000331. The molecule has 6 heteroatoms. The molecule has 2 unspecified atom stereocenters. The molecule has 5 nitrogen and oxygen atoms in total. The van der Waals surface area contributed by atoms with Crippen LogP contribution >= 0.6 is 0 Å². The van der Waals surface area contributed by atoms with Crippen molar-refractivity contribution in [1.29, 1.82) is 0 Å². The maximum atomic E-state index is 12.5. The maximum Gasteiger partial charge on any atom is 0.305 e. The van der Waals surface area contributed by atoms with Gasteiger partial charge >= 0.3 is 5.97 Å². The number of ether oxygens (including phenoxy) is 1. The second kappa shape index (κ2) is 8.36. The third-order valence-corrected chi connectivity index (χ3v) is 6.63. The van der Waals surface area contributed by atoms with Crippen LogP contribution in [0.1, 0.15) is 36.8 Å². The Kier molecular flexibility index (Phi) is 6.42. The van der Waals surface area contributed by atoms with Gasteiger partial charge in [0.2, 0.25) is 0 Å². The Morgan fingerprint density at radius 3 is 2.35 bits per heavy atom. The molecule has 2 aliphatic rings. The summed E-state index contributed by atoms with van der Waals surface area (Å²) in [6.45, 7) is 8.30. The number of carbonyl (C=O) groups is 1. The smallest absolute Gasteiger partial charge is 0.305 e. The van der Waals surface area contributed by atoms with Gasteiger partial charge in [-0.3, -0.25) is 4.79 Å². The fraction of sp³-hybridized carbons (Fsp3) is 0.350. The van der Waals surface area contributed by atoms with E-state index in [9.17, 15) is 13.2 Å². The van der Waals surface area contributed by atoms with Gasteiger partial charge in [-0.05, 0) is 37.1 Å². The first-order valence-corrected chi connectivity index (χ1v) is 10.1. The quantitative estimate of drug-likeness (QED) is 0.455. The predicted octanol–water partition coefficient (Wildman–Crippen LogP) is 4.24. The van der Waals surface area contributed by atoms with Gasteiger partial charge in [0.1, 0.15) is 17.6 Å². The van der Waals surface area contributed by atoms with Crippen molar-refractivity contribution in [2.45, 2.75) is 37.7 Å². The minimum Gasteiger partial charge on any atom is -0.469 e. The number of fused-ring (bicyclic) bond motifs is 1. The zero-order valence-electron chi connectivity index (χ0n) is 15.3. The lowest BCUT2D eigenvalue weighted by Gasteiger charge is -2.19. The normalized spacial score (nSPS) is 13.8. The van der Waals surface area contributed by atoms with Gasteiger partial charge in [0.25, 0.3) is 0 Å². The molecule has 2 aliphatic carbocycles. The van der Waals surface area contributed by atoms with Crippen molar-refractivity contribution in [3.8, 4) is 11.1 Å². The molecule has 1 heterocycles. The number of benzene rings is 1. The first-order chi connectivity index (χ1) is 12.3. The van der Waals surface area contributed by atoms with Gasteiger partial charge in [0.15, 0.2) is 9.84 Å². The fourth-order valence-electron chi connectivity index (χ4n) is 2.46. The SMILES string of the molecule is C=CC(c1ccoc1C)S(=O)(=O)C(C)COC(=O)CC.c1cc2cc-2c1. The summed E-state index contributed by atoms with van der Waals surface area (Å²) in [5, 5.41) is -1.67. The molecule has 3 rings (SSSR count). The summed E-state index contributed by atoms with van der Waals surface area (Å²) in [5.74, 6) is 0.123. The van der Waals surface area contributed by atoms with Gasteiger partial charge in [-0.2, -0.15) is 0 Å². The summed E-state index contributed by atoms with van der Waals surface area (Å²) in [7, 11) is -3.56. The highest BCUT2D eigenvalue weighted by atomic mass is 32.2. The highest BCUT2D eigenvalue weighted by Gasteiger charge is 2.33. The van der Waals surface area contributed by atoms with Crippen molar-refractivity contribution in [2.75, 3.05) is 6.61 Å². The van der Waals surface area contributed by atoms with Crippen LogP contribution in [0.4, 0.5) is 0 Å². The van der Waals surface area contributed by atoms with Crippen molar-refractivity contribution in [3.63, 3.8) is 0 Å². The molecule has 0 saturated carbocycles. The average molecular weight is 376 g/mol. The van der Waals surface area contributed by atoms with E-state index < -0.39 is 26.3 Å². The van der Waals surface area contributed by atoms with Crippen LogP contribution in [0.2, 0.25) is 0 Å². The lowest BCUT2D eigenvalue weighted by molar-refractivity contribution is -0.143. The van der Waals surface area contributed by atoms with Gasteiger partial charge in [-0.1, -0.05) is 31.2 Å². The van der Waals surface area contributed by atoms with Crippen molar-refractivity contribution in [3.05, 3.63) is 60.6 Å². The van der Waals surface area contributed by atoms with Gasteiger partial charge in [0, 0.05) is 12.0 Å². The Morgan fingerprint density at radius 2 is 1.96 bits per heavy atom. The highest BCUT2D eigenvalue weighted by Crippen LogP contribution is 2.32. The van der Waals surface area contributed by atoms with Crippen molar-refractivity contribution in [1.82, 2.24) is 0 Å². The van der Waals surface area contributed by atoms with Crippen LogP contribution in [-0.2, 0) is 19.4 Å². The molecule has 0 bridgehead atoms. The molecule has 26 heavy (non-hydrogen) atoms. The molecular weight excluding hydrogens is 352 g/mol. The molecule has 0 aromatic carbocycles. The first-order valence-electron chi connectivity index (χ1n) is 8.46. The Bertz CT molecular complexity index is 862. The molecule has 0 spiro atoms. The lowest BCUT2D eigenvalue weighted by atomic mass is 10.2. The Hall–Kier alpha value is -2.34. The van der Waals surface area contributed by atoms with Crippen LogP contribution in [0.3, 0.4) is 0 Å². The monoisotopic (exact) mass is 376 g/mol. The molecule has 0 radical (unpaired) electrons. The minimum absolute atomic E-state index is 0.157. The second-order valence-electron chi connectivity index (χ2n) is 6.11. The van der Waals surface area contributed by atoms with E-state index in [1.54, 1.807) is 19.9 Å². The summed E-state index contributed by atoms with van der Waals surface area (Å²) in [5.41, 5.74) is 3.42. The topological polar surface area (TPSA) is 73.6 Å². The van der Waals surface area contributed by atoms with E-state index in [1.807, 2.05) is 0 Å². The Morgan fingerprint density at radius 1 is 1.31 bits per heavy atom. The number of furan rings is 1. The summed E-state index contributed by atoms with van der Waals surface area (Å²) < 4.78 is 35.1. The standard InChI is InChI=1S/C14H20O5S.C6H4/c1-5-13(12-7-8-18-11(12)4)20(16,17)10(3)9-19-14(15)6-2;1-2-5-4-6(5)3-1/h5,7-8,10,13H,1,6,9H2,2-4H3;1-4H. The van der Waals surface area contributed by atoms with Gasteiger partial charge < -0.3 is 9.15 Å². The van der Waals surface area contributed by atoms with Crippen LogP contribution in [0.15, 0.2) is 53.7 Å². The second-order valence-corrected chi connectivity index (χ2v) is 8.60. The van der Waals surface area contributed by atoms with Crippen LogP contribution in [-0.4, -0.2) is 26.2 Å². The fourth-order valence-corrected chi connectivity index (χ4v) is 4.09. The van der Waals surface area contributed by atoms with Crippen molar-refractivity contribution < 1.29 is 22.4 Å². The number of rotatable bonds is 7. The number of hydrogen-bond donors (Lipinski definition) is 0. The van der Waals surface area contributed by atoms with E-state index in [4.69, 9.17) is 9.15 Å². The minimum atomic E-state index is -3.56. The van der Waals surface area contributed by atoms with E-state index >= 15 is 0 Å². The molecule has 0 amide bonds. The van der Waals surface area contributed by atoms with Gasteiger partial charge in [-0.15, -0.1) is 6.58 Å². The van der Waals surface area contributed by atoms with Gasteiger partial charge in [0.05, 0.1) is 11.5 Å².